The number of nitrogens with zero attached hydrogens (tertiary/aromatic N) is 1. The maximum Gasteiger partial charge on any atom is 0.0408 e. The van der Waals surface area contributed by atoms with Gasteiger partial charge in [0.05, 0.1) is 0 Å². The zero-order valence-corrected chi connectivity index (χ0v) is 10.5. The van der Waals surface area contributed by atoms with Crippen molar-refractivity contribution < 1.29 is 0 Å². The molecule has 0 aliphatic carbocycles. The van der Waals surface area contributed by atoms with Crippen LogP contribution >= 0.6 is 11.6 Å². The lowest BCUT2D eigenvalue weighted by Crippen LogP contribution is -2.29. The van der Waals surface area contributed by atoms with Gasteiger partial charge in [-0.05, 0) is 36.6 Å². The van der Waals surface area contributed by atoms with Gasteiger partial charge < -0.3 is 10.6 Å². The zero-order chi connectivity index (χ0) is 11.5. The smallest absolute Gasteiger partial charge is 0.0408 e. The predicted molar refractivity (Wildman–Crippen MR) is 68.9 cm³/mol. The monoisotopic (exact) mass is 238 g/mol. The summed E-state index contributed by atoms with van der Waals surface area (Å²) in [6.07, 6.45) is 1.13. The Bertz CT molecular complexity index is 354. The van der Waals surface area contributed by atoms with Gasteiger partial charge in [0.15, 0.2) is 0 Å². The number of rotatable bonds is 3. The molecule has 1 aromatic rings. The van der Waals surface area contributed by atoms with E-state index < -0.39 is 0 Å². The summed E-state index contributed by atoms with van der Waals surface area (Å²) in [7, 11) is 0. The molecule has 2 atom stereocenters. The number of hydrogen-bond donors (Lipinski definition) is 1. The minimum Gasteiger partial charge on any atom is -0.326 e. The van der Waals surface area contributed by atoms with Crippen molar-refractivity contribution in [2.75, 3.05) is 19.6 Å². The van der Waals surface area contributed by atoms with Crippen molar-refractivity contribution in [1.29, 1.82) is 0 Å². The fourth-order valence-electron chi connectivity index (χ4n) is 2.33. The summed E-state index contributed by atoms with van der Waals surface area (Å²) >= 11 is 6.00. The van der Waals surface area contributed by atoms with Crippen LogP contribution in [0.2, 0.25) is 5.02 Å². The molecule has 0 radical (unpaired) electrons. The van der Waals surface area contributed by atoms with Gasteiger partial charge in [-0.15, -0.1) is 0 Å². The van der Waals surface area contributed by atoms with Crippen molar-refractivity contribution in [3.8, 4) is 0 Å². The normalized spacial score (nSPS) is 23.6. The van der Waals surface area contributed by atoms with E-state index >= 15 is 0 Å². The molecule has 0 amide bonds. The van der Waals surface area contributed by atoms with Crippen LogP contribution in [0.25, 0.3) is 0 Å². The molecule has 1 unspecified atom stereocenters. The molecule has 3 heteroatoms. The van der Waals surface area contributed by atoms with Crippen molar-refractivity contribution in [2.24, 2.45) is 5.73 Å². The maximum absolute atomic E-state index is 6.00. The first-order chi connectivity index (χ1) is 7.65. The molecule has 88 valence electrons. The Morgan fingerprint density at radius 2 is 2.38 bits per heavy atom. The molecule has 0 aromatic heterocycles. The Balaban J connectivity index is 1.95. The number of benzene rings is 1. The number of halogens is 1. The average molecular weight is 239 g/mol. The molecule has 1 heterocycles. The van der Waals surface area contributed by atoms with E-state index in [1.165, 1.54) is 5.56 Å². The van der Waals surface area contributed by atoms with Crippen LogP contribution in [0.1, 0.15) is 24.8 Å². The zero-order valence-electron chi connectivity index (χ0n) is 9.70. The molecule has 1 aliphatic rings. The minimum atomic E-state index is 0.367. The Kier molecular flexibility index (Phi) is 3.85. The molecule has 2 nitrogen and oxygen atoms in total. The maximum atomic E-state index is 6.00. The Morgan fingerprint density at radius 1 is 1.56 bits per heavy atom. The van der Waals surface area contributed by atoms with E-state index in [9.17, 15) is 0 Å². The van der Waals surface area contributed by atoms with Gasteiger partial charge in [0.2, 0.25) is 0 Å². The number of hydrogen-bond acceptors (Lipinski definition) is 2. The largest absolute Gasteiger partial charge is 0.326 e. The summed E-state index contributed by atoms with van der Waals surface area (Å²) in [6.45, 7) is 5.49. The van der Waals surface area contributed by atoms with E-state index in [1.807, 2.05) is 12.1 Å². The third-order valence-corrected chi connectivity index (χ3v) is 3.49. The summed E-state index contributed by atoms with van der Waals surface area (Å²) in [4.78, 5) is 2.44. The SMILES string of the molecule is CC(CN1CC[C@H](N)C1)c1cccc(Cl)c1. The second kappa shape index (κ2) is 5.17. The van der Waals surface area contributed by atoms with Gasteiger partial charge >= 0.3 is 0 Å². The van der Waals surface area contributed by atoms with Crippen molar-refractivity contribution >= 4 is 11.6 Å². The molecular formula is C13H19ClN2. The number of likely N-dealkylation sites (tertiary alicyclic amines) is 1. The first-order valence-electron chi connectivity index (χ1n) is 5.88. The van der Waals surface area contributed by atoms with Gasteiger partial charge in [-0.25, -0.2) is 0 Å². The van der Waals surface area contributed by atoms with E-state index in [2.05, 4.69) is 24.0 Å². The summed E-state index contributed by atoms with van der Waals surface area (Å²) in [5, 5.41) is 0.822. The van der Waals surface area contributed by atoms with Crippen LogP contribution in [-0.4, -0.2) is 30.6 Å². The van der Waals surface area contributed by atoms with Gasteiger partial charge in [0, 0.05) is 24.2 Å². The first-order valence-corrected chi connectivity index (χ1v) is 6.26. The number of nitrogens with two attached hydrogens (primary N) is 1. The third kappa shape index (κ3) is 2.97. The molecule has 1 aliphatic heterocycles. The Hall–Kier alpha value is -0.570. The Morgan fingerprint density at radius 3 is 3.00 bits per heavy atom. The van der Waals surface area contributed by atoms with Crippen molar-refractivity contribution in [3.63, 3.8) is 0 Å². The summed E-state index contributed by atoms with van der Waals surface area (Å²) < 4.78 is 0. The van der Waals surface area contributed by atoms with Gasteiger partial charge in [0.1, 0.15) is 0 Å². The predicted octanol–water partition coefficient (Wildman–Crippen LogP) is 2.48. The van der Waals surface area contributed by atoms with Gasteiger partial charge in [-0.1, -0.05) is 30.7 Å². The second-order valence-corrected chi connectivity index (χ2v) is 5.20. The molecule has 1 saturated heterocycles. The highest BCUT2D eigenvalue weighted by molar-refractivity contribution is 6.30. The standard InChI is InChI=1S/C13H19ClN2/c1-10(8-16-6-5-13(15)9-16)11-3-2-4-12(14)7-11/h2-4,7,10,13H,5-6,8-9,15H2,1H3/t10?,13-/m0/s1. The molecule has 1 aromatic carbocycles. The van der Waals surface area contributed by atoms with E-state index in [4.69, 9.17) is 17.3 Å². The van der Waals surface area contributed by atoms with Crippen LogP contribution in [0.3, 0.4) is 0 Å². The molecule has 0 bridgehead atoms. The lowest BCUT2D eigenvalue weighted by molar-refractivity contribution is 0.317. The fraction of sp³-hybridized carbons (Fsp3) is 0.538. The van der Waals surface area contributed by atoms with Crippen LogP contribution in [0, 0.1) is 0 Å². The molecule has 16 heavy (non-hydrogen) atoms. The van der Waals surface area contributed by atoms with E-state index in [0.29, 0.717) is 12.0 Å². The molecule has 0 spiro atoms. The van der Waals surface area contributed by atoms with Crippen LogP contribution in [0.15, 0.2) is 24.3 Å². The lowest BCUT2D eigenvalue weighted by atomic mass is 10.0. The third-order valence-electron chi connectivity index (χ3n) is 3.26. The average Bonchev–Trinajstić information content (AvgIpc) is 2.64. The minimum absolute atomic E-state index is 0.367. The highest BCUT2D eigenvalue weighted by atomic mass is 35.5. The molecular weight excluding hydrogens is 220 g/mol. The van der Waals surface area contributed by atoms with Crippen molar-refractivity contribution in [3.05, 3.63) is 34.9 Å². The molecule has 2 N–H and O–H groups in total. The van der Waals surface area contributed by atoms with Crippen molar-refractivity contribution in [2.45, 2.75) is 25.3 Å². The second-order valence-electron chi connectivity index (χ2n) is 4.76. The van der Waals surface area contributed by atoms with Crippen LogP contribution < -0.4 is 5.73 Å². The van der Waals surface area contributed by atoms with E-state index in [1.54, 1.807) is 0 Å². The summed E-state index contributed by atoms with van der Waals surface area (Å²) in [5.74, 6) is 0.518. The lowest BCUT2D eigenvalue weighted by Gasteiger charge is -2.20. The topological polar surface area (TPSA) is 29.3 Å². The summed E-state index contributed by atoms with van der Waals surface area (Å²) in [6, 6.07) is 8.51. The highest BCUT2D eigenvalue weighted by Gasteiger charge is 2.20. The van der Waals surface area contributed by atoms with Crippen molar-refractivity contribution in [1.82, 2.24) is 4.90 Å². The van der Waals surface area contributed by atoms with Gasteiger partial charge in [-0.2, -0.15) is 0 Å². The first kappa shape index (κ1) is 11.9. The Labute approximate surface area is 102 Å². The van der Waals surface area contributed by atoms with Gasteiger partial charge in [-0.3, -0.25) is 0 Å². The highest BCUT2D eigenvalue weighted by Crippen LogP contribution is 2.21. The quantitative estimate of drug-likeness (QED) is 0.877. The fourth-order valence-corrected chi connectivity index (χ4v) is 2.53. The van der Waals surface area contributed by atoms with Crippen LogP contribution in [-0.2, 0) is 0 Å². The molecule has 1 fully saturated rings. The molecule has 2 rings (SSSR count). The van der Waals surface area contributed by atoms with E-state index in [-0.39, 0.29) is 0 Å². The summed E-state index contributed by atoms with van der Waals surface area (Å²) in [5.41, 5.74) is 7.21. The van der Waals surface area contributed by atoms with Gasteiger partial charge in [0.25, 0.3) is 0 Å². The van der Waals surface area contributed by atoms with Crippen LogP contribution in [0.4, 0.5) is 0 Å². The molecule has 0 saturated carbocycles. The van der Waals surface area contributed by atoms with Crippen LogP contribution in [0.5, 0.6) is 0 Å². The van der Waals surface area contributed by atoms with E-state index in [0.717, 1.165) is 31.1 Å².